The van der Waals surface area contributed by atoms with Crippen LogP contribution in [0.25, 0.3) is 0 Å². The Labute approximate surface area is 118 Å². The van der Waals surface area contributed by atoms with Gasteiger partial charge in [0.25, 0.3) is 5.91 Å². The molecule has 2 rings (SSSR count). The normalized spacial score (nSPS) is 20.2. The molecule has 0 radical (unpaired) electrons. The van der Waals surface area contributed by atoms with E-state index in [0.717, 1.165) is 31.2 Å². The molecule has 0 bridgehead atoms. The maximum atomic E-state index is 13.9. The van der Waals surface area contributed by atoms with E-state index in [1.54, 1.807) is 17.0 Å². The molecular formula is C15H19ClFNO. The Hall–Kier alpha value is -1.09. The maximum absolute atomic E-state index is 13.9. The molecule has 4 heteroatoms. The zero-order valence-corrected chi connectivity index (χ0v) is 11.9. The van der Waals surface area contributed by atoms with Gasteiger partial charge in [-0.3, -0.25) is 4.79 Å². The fraction of sp³-hybridized carbons (Fsp3) is 0.533. The first-order valence-corrected chi connectivity index (χ1v) is 7.30. The van der Waals surface area contributed by atoms with Crippen LogP contribution in [0.15, 0.2) is 18.2 Å². The van der Waals surface area contributed by atoms with Gasteiger partial charge in [0, 0.05) is 18.5 Å². The molecule has 1 saturated heterocycles. The molecular weight excluding hydrogens is 265 g/mol. The predicted molar refractivity (Wildman–Crippen MR) is 75.1 cm³/mol. The molecule has 19 heavy (non-hydrogen) atoms. The van der Waals surface area contributed by atoms with Gasteiger partial charge in [0.05, 0.1) is 5.56 Å². The van der Waals surface area contributed by atoms with Gasteiger partial charge in [-0.15, -0.1) is 11.6 Å². The molecule has 1 unspecified atom stereocenters. The number of hydrogen-bond acceptors (Lipinski definition) is 1. The molecule has 0 N–H and O–H groups in total. The maximum Gasteiger partial charge on any atom is 0.257 e. The molecule has 0 saturated carbocycles. The van der Waals surface area contributed by atoms with E-state index in [2.05, 4.69) is 0 Å². The number of nitrogens with zero attached hydrogens (tertiary/aromatic N) is 1. The van der Waals surface area contributed by atoms with Crippen LogP contribution >= 0.6 is 11.6 Å². The third-order valence-corrected chi connectivity index (χ3v) is 4.03. The number of likely N-dealkylation sites (tertiary alicyclic amines) is 1. The van der Waals surface area contributed by atoms with Crippen molar-refractivity contribution in [3.63, 3.8) is 0 Å². The second kappa shape index (κ2) is 6.38. The van der Waals surface area contributed by atoms with Crippen molar-refractivity contribution < 1.29 is 9.18 Å². The Morgan fingerprint density at radius 2 is 2.21 bits per heavy atom. The SMILES string of the molecule is Cc1ccc(C(=O)N2CCCCCC2CCl)c(F)c1. The number of hydrogen-bond donors (Lipinski definition) is 0. The van der Waals surface area contributed by atoms with E-state index in [-0.39, 0.29) is 17.5 Å². The standard InChI is InChI=1S/C15H19ClFNO/c1-11-6-7-13(14(17)9-11)15(19)18-8-4-2-3-5-12(18)10-16/h6-7,9,12H,2-5,8,10H2,1H3. The van der Waals surface area contributed by atoms with Crippen molar-refractivity contribution in [2.45, 2.75) is 38.6 Å². The molecule has 1 aliphatic heterocycles. The molecule has 1 heterocycles. The molecule has 104 valence electrons. The Morgan fingerprint density at radius 3 is 2.89 bits per heavy atom. The molecule has 2 nitrogen and oxygen atoms in total. The summed E-state index contributed by atoms with van der Waals surface area (Å²) >= 11 is 5.96. The van der Waals surface area contributed by atoms with Gasteiger partial charge in [-0.2, -0.15) is 0 Å². The Morgan fingerprint density at radius 1 is 1.42 bits per heavy atom. The van der Waals surface area contributed by atoms with Gasteiger partial charge in [-0.25, -0.2) is 4.39 Å². The molecule has 1 aromatic rings. The summed E-state index contributed by atoms with van der Waals surface area (Å²) in [4.78, 5) is 14.2. The minimum atomic E-state index is -0.442. The van der Waals surface area contributed by atoms with Gasteiger partial charge in [-0.1, -0.05) is 18.9 Å². The summed E-state index contributed by atoms with van der Waals surface area (Å²) in [6, 6.07) is 4.77. The van der Waals surface area contributed by atoms with Crippen LogP contribution in [0.4, 0.5) is 4.39 Å². The molecule has 0 aromatic heterocycles. The van der Waals surface area contributed by atoms with E-state index in [9.17, 15) is 9.18 Å². The van der Waals surface area contributed by atoms with Crippen LogP contribution < -0.4 is 0 Å². The van der Waals surface area contributed by atoms with Crippen molar-refractivity contribution in [3.8, 4) is 0 Å². The highest BCUT2D eigenvalue weighted by atomic mass is 35.5. The van der Waals surface area contributed by atoms with E-state index in [1.807, 2.05) is 6.92 Å². The van der Waals surface area contributed by atoms with Crippen LogP contribution in [-0.2, 0) is 0 Å². The fourth-order valence-corrected chi connectivity index (χ4v) is 2.87. The number of rotatable bonds is 2. The number of alkyl halides is 1. The molecule has 1 aliphatic rings. The van der Waals surface area contributed by atoms with E-state index in [4.69, 9.17) is 11.6 Å². The molecule has 1 fully saturated rings. The van der Waals surface area contributed by atoms with Crippen molar-refractivity contribution in [1.29, 1.82) is 0 Å². The predicted octanol–water partition coefficient (Wildman–Crippen LogP) is 3.76. The summed E-state index contributed by atoms with van der Waals surface area (Å²) in [5.74, 6) is -0.258. The minimum Gasteiger partial charge on any atom is -0.334 e. The Bertz CT molecular complexity index is 463. The number of amides is 1. The van der Waals surface area contributed by atoms with Crippen LogP contribution in [0.2, 0.25) is 0 Å². The molecule has 0 aliphatic carbocycles. The van der Waals surface area contributed by atoms with Gasteiger partial charge < -0.3 is 4.90 Å². The highest BCUT2D eigenvalue weighted by Crippen LogP contribution is 2.21. The highest BCUT2D eigenvalue weighted by molar-refractivity contribution is 6.18. The van der Waals surface area contributed by atoms with E-state index in [1.165, 1.54) is 6.07 Å². The van der Waals surface area contributed by atoms with Crippen molar-refractivity contribution in [2.24, 2.45) is 0 Å². The van der Waals surface area contributed by atoms with Crippen LogP contribution in [0.3, 0.4) is 0 Å². The third-order valence-electron chi connectivity index (χ3n) is 3.67. The average Bonchev–Trinajstić information content (AvgIpc) is 2.63. The number of benzene rings is 1. The summed E-state index contributed by atoms with van der Waals surface area (Å²) in [5, 5.41) is 0. The molecule has 1 atom stereocenters. The minimum absolute atomic E-state index is 0.0253. The number of carbonyl (C=O) groups excluding carboxylic acids is 1. The molecule has 0 spiro atoms. The lowest BCUT2D eigenvalue weighted by Crippen LogP contribution is -2.41. The van der Waals surface area contributed by atoms with E-state index < -0.39 is 5.82 Å². The third kappa shape index (κ3) is 3.27. The largest absolute Gasteiger partial charge is 0.334 e. The smallest absolute Gasteiger partial charge is 0.257 e. The van der Waals surface area contributed by atoms with Crippen LogP contribution in [0.5, 0.6) is 0 Å². The van der Waals surface area contributed by atoms with Gasteiger partial charge >= 0.3 is 0 Å². The van der Waals surface area contributed by atoms with Crippen molar-refractivity contribution in [1.82, 2.24) is 4.90 Å². The summed E-state index contributed by atoms with van der Waals surface area (Å²) in [6.07, 6.45) is 4.06. The monoisotopic (exact) mass is 283 g/mol. The molecule has 1 amide bonds. The number of carbonyl (C=O) groups is 1. The fourth-order valence-electron chi connectivity index (χ4n) is 2.55. The van der Waals surface area contributed by atoms with Crippen molar-refractivity contribution >= 4 is 17.5 Å². The second-order valence-electron chi connectivity index (χ2n) is 5.14. The van der Waals surface area contributed by atoms with Crippen molar-refractivity contribution in [2.75, 3.05) is 12.4 Å². The first-order chi connectivity index (χ1) is 9.13. The lowest BCUT2D eigenvalue weighted by atomic mass is 10.1. The van der Waals surface area contributed by atoms with Gasteiger partial charge in [0.1, 0.15) is 5.82 Å². The molecule has 1 aromatic carbocycles. The zero-order valence-electron chi connectivity index (χ0n) is 11.2. The van der Waals surface area contributed by atoms with Crippen LogP contribution in [0.1, 0.15) is 41.6 Å². The first-order valence-electron chi connectivity index (χ1n) is 6.76. The lowest BCUT2D eigenvalue weighted by Gasteiger charge is -2.28. The topological polar surface area (TPSA) is 20.3 Å². The Kier molecular flexibility index (Phi) is 4.81. The van der Waals surface area contributed by atoms with Gasteiger partial charge in [0.15, 0.2) is 0 Å². The second-order valence-corrected chi connectivity index (χ2v) is 5.45. The summed E-state index contributed by atoms with van der Waals surface area (Å²) in [5.41, 5.74) is 0.974. The summed E-state index contributed by atoms with van der Waals surface area (Å²) in [7, 11) is 0. The van der Waals surface area contributed by atoms with Crippen LogP contribution in [0, 0.1) is 12.7 Å². The number of aryl methyl sites for hydroxylation is 1. The van der Waals surface area contributed by atoms with Crippen LogP contribution in [-0.4, -0.2) is 29.3 Å². The highest BCUT2D eigenvalue weighted by Gasteiger charge is 2.27. The quantitative estimate of drug-likeness (QED) is 0.757. The summed E-state index contributed by atoms with van der Waals surface area (Å²) < 4.78 is 13.9. The van der Waals surface area contributed by atoms with Gasteiger partial charge in [0.2, 0.25) is 0 Å². The van der Waals surface area contributed by atoms with E-state index >= 15 is 0 Å². The van der Waals surface area contributed by atoms with Crippen molar-refractivity contribution in [3.05, 3.63) is 35.1 Å². The first kappa shape index (κ1) is 14.3. The van der Waals surface area contributed by atoms with E-state index in [0.29, 0.717) is 12.4 Å². The lowest BCUT2D eigenvalue weighted by molar-refractivity contribution is 0.0695. The summed E-state index contributed by atoms with van der Waals surface area (Å²) in [6.45, 7) is 2.48. The average molecular weight is 284 g/mol. The number of halogens is 2. The van der Waals surface area contributed by atoms with Gasteiger partial charge in [-0.05, 0) is 37.5 Å². The zero-order chi connectivity index (χ0) is 13.8. The Balaban J connectivity index is 2.25.